The van der Waals surface area contributed by atoms with E-state index in [1.54, 1.807) is 0 Å². The Balaban J connectivity index is 2.18. The maximum Gasteiger partial charge on any atom is 0.0719 e. The van der Waals surface area contributed by atoms with Crippen LogP contribution in [-0.4, -0.2) is 26.4 Å². The molecule has 1 aromatic rings. The van der Waals surface area contributed by atoms with E-state index < -0.39 is 0 Å². The van der Waals surface area contributed by atoms with Crippen LogP contribution in [0.4, 0.5) is 0 Å². The van der Waals surface area contributed by atoms with Gasteiger partial charge in [-0.1, -0.05) is 38.1 Å². The molecule has 0 saturated heterocycles. The van der Waals surface area contributed by atoms with Crippen LogP contribution in [0.1, 0.15) is 38.3 Å². The summed E-state index contributed by atoms with van der Waals surface area (Å²) in [5.41, 5.74) is 2.57. The van der Waals surface area contributed by atoms with E-state index in [2.05, 4.69) is 43.4 Å². The molecule has 0 radical (unpaired) electrons. The molecule has 0 amide bonds. The van der Waals surface area contributed by atoms with E-state index in [0.29, 0.717) is 12.5 Å². The Morgan fingerprint density at radius 2 is 1.80 bits per heavy atom. The zero-order chi connectivity index (χ0) is 14.6. The highest BCUT2D eigenvalue weighted by Gasteiger charge is 2.01. The molecular formula is C17H29NO2. The molecule has 1 N–H and O–H groups in total. The largest absolute Gasteiger partial charge is 0.380 e. The van der Waals surface area contributed by atoms with Crippen LogP contribution in [0, 0.1) is 5.92 Å². The van der Waals surface area contributed by atoms with Gasteiger partial charge in [-0.2, -0.15) is 0 Å². The molecule has 0 aromatic heterocycles. The molecule has 0 unspecified atom stereocenters. The van der Waals surface area contributed by atoms with Gasteiger partial charge >= 0.3 is 0 Å². The van der Waals surface area contributed by atoms with Gasteiger partial charge in [-0.05, 0) is 30.4 Å². The van der Waals surface area contributed by atoms with Crippen LogP contribution in [0.15, 0.2) is 24.3 Å². The Bertz CT molecular complexity index is 353. The molecular weight excluding hydrogens is 250 g/mol. The summed E-state index contributed by atoms with van der Waals surface area (Å²) in [6.45, 7) is 11.3. The fourth-order valence-corrected chi connectivity index (χ4v) is 1.87. The van der Waals surface area contributed by atoms with Gasteiger partial charge in [0, 0.05) is 26.3 Å². The van der Waals surface area contributed by atoms with Crippen LogP contribution in [0.3, 0.4) is 0 Å². The SMILES string of the molecule is CCOCc1ccccc1CNCCOCCC(C)C. The first kappa shape index (κ1) is 17.2. The third-order valence-electron chi connectivity index (χ3n) is 3.16. The lowest BCUT2D eigenvalue weighted by molar-refractivity contribution is 0.124. The van der Waals surface area contributed by atoms with Crippen molar-refractivity contribution < 1.29 is 9.47 Å². The summed E-state index contributed by atoms with van der Waals surface area (Å²) < 4.78 is 11.1. The molecule has 0 aliphatic heterocycles. The quantitative estimate of drug-likeness (QED) is 0.630. The molecule has 3 nitrogen and oxygen atoms in total. The smallest absolute Gasteiger partial charge is 0.0719 e. The second-order valence-electron chi connectivity index (χ2n) is 5.38. The van der Waals surface area contributed by atoms with Crippen molar-refractivity contribution in [2.45, 2.75) is 40.3 Å². The molecule has 1 rings (SSSR count). The Labute approximate surface area is 123 Å². The molecule has 0 heterocycles. The van der Waals surface area contributed by atoms with Gasteiger partial charge in [-0.3, -0.25) is 0 Å². The summed E-state index contributed by atoms with van der Waals surface area (Å²) in [5, 5.41) is 3.43. The van der Waals surface area contributed by atoms with E-state index in [4.69, 9.17) is 9.47 Å². The molecule has 0 atom stereocenters. The fraction of sp³-hybridized carbons (Fsp3) is 0.647. The van der Waals surface area contributed by atoms with Gasteiger partial charge in [0.25, 0.3) is 0 Å². The highest BCUT2D eigenvalue weighted by Crippen LogP contribution is 2.09. The lowest BCUT2D eigenvalue weighted by Crippen LogP contribution is -2.20. The second-order valence-corrected chi connectivity index (χ2v) is 5.38. The van der Waals surface area contributed by atoms with Gasteiger partial charge in [0.15, 0.2) is 0 Å². The van der Waals surface area contributed by atoms with E-state index in [1.807, 2.05) is 6.92 Å². The Morgan fingerprint density at radius 3 is 2.50 bits per heavy atom. The molecule has 114 valence electrons. The highest BCUT2D eigenvalue weighted by molar-refractivity contribution is 5.26. The summed E-state index contributed by atoms with van der Waals surface area (Å²) in [7, 11) is 0. The lowest BCUT2D eigenvalue weighted by atomic mass is 10.1. The average Bonchev–Trinajstić information content (AvgIpc) is 2.44. The molecule has 0 spiro atoms. The van der Waals surface area contributed by atoms with Gasteiger partial charge in [0.1, 0.15) is 0 Å². The topological polar surface area (TPSA) is 30.5 Å². The van der Waals surface area contributed by atoms with E-state index in [1.165, 1.54) is 11.1 Å². The molecule has 3 heteroatoms. The summed E-state index contributed by atoms with van der Waals surface area (Å²) in [5.74, 6) is 0.716. The van der Waals surface area contributed by atoms with E-state index in [0.717, 1.165) is 39.3 Å². The Kier molecular flexibility index (Phi) is 9.29. The Morgan fingerprint density at radius 1 is 1.05 bits per heavy atom. The fourth-order valence-electron chi connectivity index (χ4n) is 1.87. The van der Waals surface area contributed by atoms with Crippen LogP contribution in [0.25, 0.3) is 0 Å². The maximum absolute atomic E-state index is 5.59. The van der Waals surface area contributed by atoms with Gasteiger partial charge in [0.05, 0.1) is 13.2 Å². The predicted molar refractivity (Wildman–Crippen MR) is 83.8 cm³/mol. The molecule has 0 saturated carbocycles. The summed E-state index contributed by atoms with van der Waals surface area (Å²) in [6, 6.07) is 8.42. The van der Waals surface area contributed by atoms with Crippen LogP contribution in [-0.2, 0) is 22.6 Å². The number of hydrogen-bond donors (Lipinski definition) is 1. The molecule has 1 aromatic carbocycles. The molecule has 20 heavy (non-hydrogen) atoms. The average molecular weight is 279 g/mol. The van der Waals surface area contributed by atoms with Crippen molar-refractivity contribution in [2.24, 2.45) is 5.92 Å². The van der Waals surface area contributed by atoms with Crippen molar-refractivity contribution >= 4 is 0 Å². The molecule has 0 aliphatic carbocycles. The van der Waals surface area contributed by atoms with Crippen molar-refractivity contribution in [3.8, 4) is 0 Å². The summed E-state index contributed by atoms with van der Waals surface area (Å²) in [4.78, 5) is 0. The van der Waals surface area contributed by atoms with Crippen molar-refractivity contribution in [1.82, 2.24) is 5.32 Å². The van der Waals surface area contributed by atoms with Gasteiger partial charge in [0.2, 0.25) is 0 Å². The van der Waals surface area contributed by atoms with Crippen LogP contribution < -0.4 is 5.32 Å². The minimum atomic E-state index is 0.694. The van der Waals surface area contributed by atoms with Gasteiger partial charge in [-0.25, -0.2) is 0 Å². The normalized spacial score (nSPS) is 11.2. The monoisotopic (exact) mass is 279 g/mol. The number of nitrogens with one attached hydrogen (secondary N) is 1. The van der Waals surface area contributed by atoms with E-state index in [-0.39, 0.29) is 0 Å². The van der Waals surface area contributed by atoms with E-state index in [9.17, 15) is 0 Å². The lowest BCUT2D eigenvalue weighted by Gasteiger charge is -2.11. The third-order valence-corrected chi connectivity index (χ3v) is 3.16. The van der Waals surface area contributed by atoms with Crippen LogP contribution >= 0.6 is 0 Å². The summed E-state index contributed by atoms with van der Waals surface area (Å²) in [6.07, 6.45) is 1.14. The van der Waals surface area contributed by atoms with Gasteiger partial charge in [-0.15, -0.1) is 0 Å². The second kappa shape index (κ2) is 10.8. The van der Waals surface area contributed by atoms with Crippen molar-refractivity contribution in [1.29, 1.82) is 0 Å². The zero-order valence-electron chi connectivity index (χ0n) is 13.2. The minimum Gasteiger partial charge on any atom is -0.380 e. The molecule has 0 fully saturated rings. The number of ether oxygens (including phenoxy) is 2. The first-order chi connectivity index (χ1) is 9.74. The number of benzene rings is 1. The first-order valence-corrected chi connectivity index (χ1v) is 7.67. The van der Waals surface area contributed by atoms with Crippen molar-refractivity contribution in [2.75, 3.05) is 26.4 Å². The number of hydrogen-bond acceptors (Lipinski definition) is 3. The van der Waals surface area contributed by atoms with Crippen molar-refractivity contribution in [3.05, 3.63) is 35.4 Å². The van der Waals surface area contributed by atoms with Crippen LogP contribution in [0.2, 0.25) is 0 Å². The summed E-state index contributed by atoms with van der Waals surface area (Å²) >= 11 is 0. The molecule has 0 bridgehead atoms. The Hall–Kier alpha value is -0.900. The van der Waals surface area contributed by atoms with Crippen LogP contribution in [0.5, 0.6) is 0 Å². The van der Waals surface area contributed by atoms with Crippen molar-refractivity contribution in [3.63, 3.8) is 0 Å². The third kappa shape index (κ3) is 7.63. The predicted octanol–water partition coefficient (Wildman–Crippen LogP) is 3.38. The first-order valence-electron chi connectivity index (χ1n) is 7.67. The number of rotatable bonds is 11. The van der Waals surface area contributed by atoms with E-state index >= 15 is 0 Å². The zero-order valence-corrected chi connectivity index (χ0v) is 13.2. The van der Waals surface area contributed by atoms with Gasteiger partial charge < -0.3 is 14.8 Å². The highest BCUT2D eigenvalue weighted by atomic mass is 16.5. The molecule has 0 aliphatic rings. The maximum atomic E-state index is 5.59. The minimum absolute atomic E-state index is 0.694. The standard InChI is InChI=1S/C17H29NO2/c1-4-19-14-17-8-6-5-7-16(17)13-18-10-12-20-11-9-15(2)3/h5-8,15,18H,4,9-14H2,1-3H3.